The third kappa shape index (κ3) is 4.50. The van der Waals surface area contributed by atoms with E-state index >= 15 is 0 Å². The molecule has 0 rings (SSSR count). The van der Waals surface area contributed by atoms with Gasteiger partial charge in [-0.1, -0.05) is 11.6 Å². The minimum absolute atomic E-state index is 2.29. The molecule has 0 aromatic carbocycles. The predicted octanol–water partition coefficient (Wildman–Crippen LogP) is 1.52. The smallest absolute Gasteiger partial charge is 0.284 e. The van der Waals surface area contributed by atoms with E-state index < -0.39 is 18.5 Å². The van der Waals surface area contributed by atoms with E-state index in [-0.39, 0.29) is 0 Å². The van der Waals surface area contributed by atoms with Crippen molar-refractivity contribution in [2.45, 2.75) is 18.5 Å². The van der Waals surface area contributed by atoms with Gasteiger partial charge in [-0.05, 0) is 0 Å². The van der Waals surface area contributed by atoms with E-state index in [2.05, 4.69) is 16.3 Å². The lowest BCUT2D eigenvalue weighted by molar-refractivity contribution is -0.222. The van der Waals surface area contributed by atoms with Crippen molar-refractivity contribution < 1.29 is 23.0 Å². The zero-order chi connectivity index (χ0) is 7.44. The van der Waals surface area contributed by atoms with Gasteiger partial charge in [-0.25, -0.2) is 9.50 Å². The van der Waals surface area contributed by atoms with Gasteiger partial charge in [-0.15, -0.1) is 0 Å². The van der Waals surface area contributed by atoms with E-state index in [1.807, 2.05) is 0 Å². The second-order valence-electron chi connectivity index (χ2n) is 1.10. The number of ether oxygens (including phenoxy) is 1. The molecule has 0 fully saturated rings. The van der Waals surface area contributed by atoms with Crippen LogP contribution in [0.1, 0.15) is 0 Å². The maximum absolute atomic E-state index is 11.6. The second-order valence-corrected chi connectivity index (χ2v) is 1.53. The van der Waals surface area contributed by atoms with Gasteiger partial charge >= 0.3 is 6.61 Å². The van der Waals surface area contributed by atoms with Crippen LogP contribution in [0.3, 0.4) is 0 Å². The Bertz CT molecular complexity index is 79.5. The standard InChI is InChI=1S/C3H3ClF3O2/c4-1(8)2(5)9-3(6)7/h1-3H. The Balaban J connectivity index is 3.38. The summed E-state index contributed by atoms with van der Waals surface area (Å²) in [6.07, 6.45) is -2.65. The van der Waals surface area contributed by atoms with E-state index in [4.69, 9.17) is 0 Å². The van der Waals surface area contributed by atoms with Gasteiger partial charge in [0.15, 0.2) is 0 Å². The third-order valence-electron chi connectivity index (χ3n) is 0.439. The maximum Gasteiger partial charge on any atom is 0.347 e. The monoisotopic (exact) mass is 163 g/mol. The average Bonchev–Trinajstić information content (AvgIpc) is 1.63. The van der Waals surface area contributed by atoms with Crippen LogP contribution in [0.5, 0.6) is 0 Å². The first-order chi connectivity index (χ1) is 4.04. The lowest BCUT2D eigenvalue weighted by Crippen LogP contribution is -2.20. The Morgan fingerprint density at radius 2 is 1.78 bits per heavy atom. The molecule has 2 atom stereocenters. The van der Waals surface area contributed by atoms with Gasteiger partial charge < -0.3 is 0 Å². The summed E-state index contributed by atoms with van der Waals surface area (Å²) >= 11 is 4.48. The maximum atomic E-state index is 11.6. The molecule has 0 heterocycles. The highest BCUT2D eigenvalue weighted by atomic mass is 35.5. The SMILES string of the molecule is [O]C(Cl)C(F)OC(F)F. The quantitative estimate of drug-likeness (QED) is 0.580. The van der Waals surface area contributed by atoms with E-state index in [1.54, 1.807) is 0 Å². The molecule has 0 saturated carbocycles. The zero-order valence-electron chi connectivity index (χ0n) is 4.06. The molecule has 6 heteroatoms. The summed E-state index contributed by atoms with van der Waals surface area (Å²) < 4.78 is 36.7. The zero-order valence-corrected chi connectivity index (χ0v) is 4.82. The number of alkyl halides is 4. The van der Waals surface area contributed by atoms with Crippen molar-refractivity contribution in [3.63, 3.8) is 0 Å². The van der Waals surface area contributed by atoms with Crippen molar-refractivity contribution >= 4 is 11.6 Å². The van der Waals surface area contributed by atoms with Gasteiger partial charge in [0, 0.05) is 0 Å². The van der Waals surface area contributed by atoms with Crippen LogP contribution in [0, 0.1) is 0 Å². The number of rotatable bonds is 3. The van der Waals surface area contributed by atoms with Gasteiger partial charge in [0.1, 0.15) is 0 Å². The summed E-state index contributed by atoms with van der Waals surface area (Å²) in [7, 11) is 0. The molecule has 55 valence electrons. The molecular weight excluding hydrogens is 160 g/mol. The second kappa shape index (κ2) is 3.92. The van der Waals surface area contributed by atoms with Gasteiger partial charge in [0.2, 0.25) is 11.9 Å². The number of hydrogen-bond acceptors (Lipinski definition) is 1. The molecule has 0 aliphatic rings. The highest BCUT2D eigenvalue weighted by molar-refractivity contribution is 6.19. The molecule has 2 nitrogen and oxygen atoms in total. The molecule has 0 N–H and O–H groups in total. The van der Waals surface area contributed by atoms with Crippen molar-refractivity contribution in [2.24, 2.45) is 0 Å². The summed E-state index contributed by atoms with van der Waals surface area (Å²) in [6.45, 7) is -3.30. The van der Waals surface area contributed by atoms with Crippen LogP contribution < -0.4 is 0 Å². The molecule has 0 aromatic heterocycles. The van der Waals surface area contributed by atoms with E-state index in [0.717, 1.165) is 0 Å². The first-order valence-electron chi connectivity index (χ1n) is 1.91. The van der Waals surface area contributed by atoms with Gasteiger partial charge in [0.05, 0.1) is 0 Å². The summed E-state index contributed by atoms with van der Waals surface area (Å²) in [5, 5.41) is 9.69. The average molecular weight is 164 g/mol. The highest BCUT2D eigenvalue weighted by Gasteiger charge is 2.21. The molecule has 0 amide bonds. The Labute approximate surface area is 54.2 Å². The Morgan fingerprint density at radius 1 is 1.33 bits per heavy atom. The molecule has 2 unspecified atom stereocenters. The molecule has 0 bridgehead atoms. The van der Waals surface area contributed by atoms with Crippen molar-refractivity contribution in [1.29, 1.82) is 0 Å². The summed E-state index contributed by atoms with van der Waals surface area (Å²) in [5.74, 6) is 0. The minimum Gasteiger partial charge on any atom is -0.284 e. The molecule has 0 aromatic rings. The van der Waals surface area contributed by atoms with Crippen LogP contribution >= 0.6 is 11.6 Å². The van der Waals surface area contributed by atoms with Crippen LogP contribution in [-0.4, -0.2) is 18.5 Å². The fourth-order valence-electron chi connectivity index (χ4n) is 0.160. The van der Waals surface area contributed by atoms with Gasteiger partial charge in [-0.2, -0.15) is 8.78 Å². The van der Waals surface area contributed by atoms with Crippen molar-refractivity contribution in [2.75, 3.05) is 0 Å². The Kier molecular flexibility index (Phi) is 3.92. The molecular formula is C3H3ClF3O2. The largest absolute Gasteiger partial charge is 0.347 e. The minimum atomic E-state index is -3.30. The molecule has 1 radical (unpaired) electrons. The molecule has 0 aliphatic heterocycles. The highest BCUT2D eigenvalue weighted by Crippen LogP contribution is 2.09. The molecule has 9 heavy (non-hydrogen) atoms. The fourth-order valence-corrected chi connectivity index (χ4v) is 0.219. The topological polar surface area (TPSA) is 29.1 Å². The lowest BCUT2D eigenvalue weighted by atomic mass is 10.7. The van der Waals surface area contributed by atoms with E-state index in [1.165, 1.54) is 0 Å². The van der Waals surface area contributed by atoms with Crippen molar-refractivity contribution in [1.82, 2.24) is 0 Å². The van der Waals surface area contributed by atoms with Crippen molar-refractivity contribution in [3.05, 3.63) is 0 Å². The summed E-state index contributed by atoms with van der Waals surface area (Å²) in [6, 6.07) is 0. The number of halogens is 4. The first kappa shape index (κ1) is 9.00. The Morgan fingerprint density at radius 3 is 1.89 bits per heavy atom. The van der Waals surface area contributed by atoms with Gasteiger partial charge in [-0.3, -0.25) is 4.74 Å². The van der Waals surface area contributed by atoms with Gasteiger partial charge in [0.25, 0.3) is 0 Å². The number of hydrogen-bond donors (Lipinski definition) is 0. The van der Waals surface area contributed by atoms with E-state index in [0.29, 0.717) is 0 Å². The Hall–Kier alpha value is -0.0000000000000000555. The molecule has 0 saturated heterocycles. The first-order valence-corrected chi connectivity index (χ1v) is 2.35. The lowest BCUT2D eigenvalue weighted by Gasteiger charge is -2.06. The normalized spacial score (nSPS) is 18.0. The van der Waals surface area contributed by atoms with Crippen LogP contribution in [0.2, 0.25) is 0 Å². The van der Waals surface area contributed by atoms with Crippen LogP contribution in [0.25, 0.3) is 0 Å². The molecule has 0 spiro atoms. The predicted molar refractivity (Wildman–Crippen MR) is 22.3 cm³/mol. The van der Waals surface area contributed by atoms with Crippen molar-refractivity contribution in [3.8, 4) is 0 Å². The molecule has 0 aliphatic carbocycles. The fraction of sp³-hybridized carbons (Fsp3) is 1.00. The van der Waals surface area contributed by atoms with Crippen LogP contribution in [0.4, 0.5) is 13.2 Å². The van der Waals surface area contributed by atoms with Crippen LogP contribution in [0.15, 0.2) is 0 Å². The van der Waals surface area contributed by atoms with Crippen LogP contribution in [-0.2, 0) is 9.84 Å². The summed E-state index contributed by atoms with van der Waals surface area (Å²) in [5.41, 5.74) is -2.29. The third-order valence-corrected chi connectivity index (χ3v) is 0.637. The summed E-state index contributed by atoms with van der Waals surface area (Å²) in [4.78, 5) is 0. The van der Waals surface area contributed by atoms with E-state index in [9.17, 15) is 18.3 Å².